The number of rotatable bonds is 3. The van der Waals surface area contributed by atoms with E-state index < -0.39 is 22.5 Å². The molecule has 0 radical (unpaired) electrons. The van der Waals surface area contributed by atoms with E-state index in [4.69, 9.17) is 5.73 Å². The molecule has 0 spiro atoms. The highest BCUT2D eigenvalue weighted by molar-refractivity contribution is 6.04. The SMILES string of the molecule is CC(C)(C)NC(=O)c1cc(C(N)=O)cc(C(=O)N(C(C)(C)C)C(C)(C)C)c1. The van der Waals surface area contributed by atoms with Gasteiger partial charge in [0.1, 0.15) is 0 Å². The predicted octanol–water partition coefficient (Wildman–Crippen LogP) is 3.35. The van der Waals surface area contributed by atoms with Crippen molar-refractivity contribution < 1.29 is 14.4 Å². The summed E-state index contributed by atoms with van der Waals surface area (Å²) >= 11 is 0. The summed E-state index contributed by atoms with van der Waals surface area (Å²) in [6.07, 6.45) is 0. The van der Waals surface area contributed by atoms with Crippen LogP contribution in [0.15, 0.2) is 18.2 Å². The summed E-state index contributed by atoms with van der Waals surface area (Å²) in [5.41, 5.74) is 4.69. The lowest BCUT2D eigenvalue weighted by Gasteiger charge is -2.45. The summed E-state index contributed by atoms with van der Waals surface area (Å²) in [6, 6.07) is 4.38. The van der Waals surface area contributed by atoms with Gasteiger partial charge in [-0.1, -0.05) is 0 Å². The van der Waals surface area contributed by atoms with E-state index in [1.807, 2.05) is 62.3 Å². The van der Waals surface area contributed by atoms with Crippen molar-refractivity contribution >= 4 is 17.7 Å². The molecule has 0 saturated heterocycles. The van der Waals surface area contributed by atoms with Gasteiger partial charge in [0.2, 0.25) is 5.91 Å². The highest BCUT2D eigenvalue weighted by Crippen LogP contribution is 2.28. The molecule has 0 saturated carbocycles. The van der Waals surface area contributed by atoms with E-state index in [-0.39, 0.29) is 28.5 Å². The Bertz CT molecular complexity index is 733. The molecule has 0 bridgehead atoms. The van der Waals surface area contributed by atoms with E-state index in [9.17, 15) is 14.4 Å². The van der Waals surface area contributed by atoms with Crippen LogP contribution in [0.1, 0.15) is 93.4 Å². The van der Waals surface area contributed by atoms with Crippen LogP contribution < -0.4 is 11.1 Å². The molecule has 0 atom stereocenters. The minimum absolute atomic E-state index is 0.127. The molecule has 0 aromatic heterocycles. The summed E-state index contributed by atoms with van der Waals surface area (Å²) in [5.74, 6) is -1.31. The van der Waals surface area contributed by atoms with Gasteiger partial charge < -0.3 is 16.0 Å². The van der Waals surface area contributed by atoms with E-state index in [0.717, 1.165) is 0 Å². The van der Waals surface area contributed by atoms with Crippen molar-refractivity contribution in [3.8, 4) is 0 Å². The standard InChI is InChI=1S/C21H33N3O3/c1-19(2,3)23-17(26)14-10-13(16(22)25)11-15(12-14)18(27)24(20(4,5)6)21(7,8)9/h10-12H,1-9H3,(H2,22,25)(H,23,26). The summed E-state index contributed by atoms with van der Waals surface area (Å²) in [6.45, 7) is 17.2. The molecule has 3 amide bonds. The lowest BCUT2D eigenvalue weighted by atomic mass is 9.93. The number of nitrogens with one attached hydrogen (secondary N) is 1. The first-order valence-corrected chi connectivity index (χ1v) is 9.05. The van der Waals surface area contributed by atoms with Gasteiger partial charge in [-0.25, -0.2) is 0 Å². The molecule has 0 aliphatic heterocycles. The first-order valence-electron chi connectivity index (χ1n) is 9.05. The number of benzene rings is 1. The van der Waals surface area contributed by atoms with Gasteiger partial charge in [0, 0.05) is 33.3 Å². The Morgan fingerprint density at radius 2 is 1.19 bits per heavy atom. The Hall–Kier alpha value is -2.37. The Kier molecular flexibility index (Phi) is 6.16. The fourth-order valence-corrected chi connectivity index (χ4v) is 3.18. The highest BCUT2D eigenvalue weighted by atomic mass is 16.2. The first kappa shape index (κ1) is 22.7. The van der Waals surface area contributed by atoms with Gasteiger partial charge in [-0.2, -0.15) is 0 Å². The third-order valence-corrected chi connectivity index (χ3v) is 3.76. The van der Waals surface area contributed by atoms with E-state index in [1.54, 1.807) is 4.90 Å². The molecule has 27 heavy (non-hydrogen) atoms. The largest absolute Gasteiger partial charge is 0.366 e. The molecule has 0 aliphatic carbocycles. The van der Waals surface area contributed by atoms with E-state index in [0.29, 0.717) is 0 Å². The van der Waals surface area contributed by atoms with Crippen LogP contribution in [0, 0.1) is 0 Å². The van der Waals surface area contributed by atoms with Crippen LogP contribution in [0.2, 0.25) is 0 Å². The van der Waals surface area contributed by atoms with Crippen LogP contribution in [0.4, 0.5) is 0 Å². The lowest BCUT2D eigenvalue weighted by molar-refractivity contribution is 0.0271. The third-order valence-electron chi connectivity index (χ3n) is 3.76. The minimum Gasteiger partial charge on any atom is -0.366 e. The number of carbonyl (C=O) groups is 3. The summed E-state index contributed by atoms with van der Waals surface area (Å²) in [5, 5.41) is 2.84. The Morgan fingerprint density at radius 1 is 0.778 bits per heavy atom. The lowest BCUT2D eigenvalue weighted by Crippen LogP contribution is -2.55. The molecule has 0 heterocycles. The summed E-state index contributed by atoms with van der Waals surface area (Å²) in [4.78, 5) is 39.4. The number of nitrogens with two attached hydrogens (primary N) is 1. The molecule has 150 valence electrons. The van der Waals surface area contributed by atoms with Gasteiger partial charge in [0.15, 0.2) is 0 Å². The maximum atomic E-state index is 13.3. The zero-order chi connectivity index (χ0) is 21.4. The molecule has 1 aromatic rings. The van der Waals surface area contributed by atoms with Gasteiger partial charge >= 0.3 is 0 Å². The highest BCUT2D eigenvalue weighted by Gasteiger charge is 2.36. The van der Waals surface area contributed by atoms with Crippen LogP contribution in [0.25, 0.3) is 0 Å². The average molecular weight is 376 g/mol. The van der Waals surface area contributed by atoms with E-state index in [2.05, 4.69) is 5.32 Å². The zero-order valence-electron chi connectivity index (χ0n) is 18.0. The molecule has 1 rings (SSSR count). The fraction of sp³-hybridized carbons (Fsp3) is 0.571. The second kappa shape index (κ2) is 7.33. The van der Waals surface area contributed by atoms with Gasteiger partial charge in [-0.3, -0.25) is 14.4 Å². The molecule has 0 aliphatic rings. The van der Waals surface area contributed by atoms with E-state index in [1.165, 1.54) is 18.2 Å². The van der Waals surface area contributed by atoms with Gasteiger partial charge in [-0.15, -0.1) is 0 Å². The number of primary amides is 1. The van der Waals surface area contributed by atoms with Crippen molar-refractivity contribution in [1.82, 2.24) is 10.2 Å². The molecule has 3 N–H and O–H groups in total. The summed E-state index contributed by atoms with van der Waals surface area (Å²) < 4.78 is 0. The monoisotopic (exact) mass is 375 g/mol. The van der Waals surface area contributed by atoms with Gasteiger partial charge in [-0.05, 0) is 80.5 Å². The molecule has 6 heteroatoms. The number of hydrogen-bond acceptors (Lipinski definition) is 3. The van der Waals surface area contributed by atoms with E-state index >= 15 is 0 Å². The maximum absolute atomic E-state index is 13.3. The van der Waals surface area contributed by atoms with Crippen LogP contribution in [0.3, 0.4) is 0 Å². The molecule has 6 nitrogen and oxygen atoms in total. The molecule has 1 aromatic carbocycles. The average Bonchev–Trinajstić information content (AvgIpc) is 2.41. The van der Waals surface area contributed by atoms with Crippen LogP contribution in [0.5, 0.6) is 0 Å². The fourth-order valence-electron chi connectivity index (χ4n) is 3.18. The van der Waals surface area contributed by atoms with Crippen molar-refractivity contribution in [2.45, 2.75) is 78.9 Å². The number of hydrogen-bond donors (Lipinski definition) is 2. The zero-order valence-corrected chi connectivity index (χ0v) is 18.0. The van der Waals surface area contributed by atoms with Gasteiger partial charge in [0.05, 0.1) is 0 Å². The topological polar surface area (TPSA) is 92.5 Å². The molecule has 0 fully saturated rings. The van der Waals surface area contributed by atoms with Crippen molar-refractivity contribution in [1.29, 1.82) is 0 Å². The second-order valence-electron chi connectivity index (χ2n) is 9.85. The van der Waals surface area contributed by atoms with Crippen molar-refractivity contribution in [2.75, 3.05) is 0 Å². The second-order valence-corrected chi connectivity index (χ2v) is 9.85. The minimum atomic E-state index is -0.687. The van der Waals surface area contributed by atoms with Crippen molar-refractivity contribution in [3.63, 3.8) is 0 Å². The Morgan fingerprint density at radius 3 is 1.56 bits per heavy atom. The third kappa shape index (κ3) is 6.08. The van der Waals surface area contributed by atoms with Gasteiger partial charge in [0.25, 0.3) is 11.8 Å². The normalized spacial score (nSPS) is 12.5. The quantitative estimate of drug-likeness (QED) is 0.848. The Balaban J connectivity index is 3.52. The smallest absolute Gasteiger partial charge is 0.254 e. The number of carbonyl (C=O) groups excluding carboxylic acids is 3. The van der Waals surface area contributed by atoms with Crippen molar-refractivity contribution in [2.24, 2.45) is 5.73 Å². The van der Waals surface area contributed by atoms with Crippen LogP contribution >= 0.6 is 0 Å². The number of nitrogens with zero attached hydrogens (tertiary/aromatic N) is 1. The predicted molar refractivity (Wildman–Crippen MR) is 108 cm³/mol. The molecular weight excluding hydrogens is 342 g/mol. The van der Waals surface area contributed by atoms with Crippen LogP contribution in [-0.4, -0.2) is 39.2 Å². The van der Waals surface area contributed by atoms with Crippen molar-refractivity contribution in [3.05, 3.63) is 34.9 Å². The summed E-state index contributed by atoms with van der Waals surface area (Å²) in [7, 11) is 0. The number of amides is 3. The first-order chi connectivity index (χ1) is 11.9. The molecular formula is C21H33N3O3. The molecule has 0 unspecified atom stereocenters. The Labute approximate surface area is 162 Å². The van der Waals surface area contributed by atoms with Crippen LogP contribution in [-0.2, 0) is 0 Å². The maximum Gasteiger partial charge on any atom is 0.254 e.